The fourth-order valence-corrected chi connectivity index (χ4v) is 6.41. The van der Waals surface area contributed by atoms with Gasteiger partial charge in [-0.1, -0.05) is 71.7 Å². The zero-order chi connectivity index (χ0) is 24.6. The van der Waals surface area contributed by atoms with Gasteiger partial charge in [0.05, 0.1) is 43.5 Å². The van der Waals surface area contributed by atoms with Crippen LogP contribution in [0.5, 0.6) is 0 Å². The van der Waals surface area contributed by atoms with Crippen LogP contribution in [0.4, 0.5) is 0 Å². The standard InChI is InChI=1S/C30H16Br2Cl2N2/c31-21-9-5-13-25(29(21)33)35-23-11-3-1-7-17(23)19-15-20-18-8-2-4-12-24(18)36(28(20)16-27(19)35)26-14-6-10-22(32)30(26)34/h1-16H. The summed E-state index contributed by atoms with van der Waals surface area (Å²) in [5.41, 5.74) is 6.24. The second-order valence-corrected chi connectivity index (χ2v) is 11.2. The molecule has 0 bridgehead atoms. The van der Waals surface area contributed by atoms with E-state index < -0.39 is 0 Å². The first kappa shape index (κ1) is 22.4. The van der Waals surface area contributed by atoms with Crippen LogP contribution in [0.25, 0.3) is 55.0 Å². The summed E-state index contributed by atoms with van der Waals surface area (Å²) in [6.07, 6.45) is 0. The van der Waals surface area contributed by atoms with E-state index in [1.165, 1.54) is 21.5 Å². The van der Waals surface area contributed by atoms with E-state index >= 15 is 0 Å². The summed E-state index contributed by atoms with van der Waals surface area (Å²) in [4.78, 5) is 0. The van der Waals surface area contributed by atoms with Gasteiger partial charge >= 0.3 is 0 Å². The molecule has 7 rings (SSSR count). The van der Waals surface area contributed by atoms with Gasteiger partial charge < -0.3 is 9.13 Å². The molecule has 6 heteroatoms. The molecule has 0 radical (unpaired) electrons. The molecule has 0 fully saturated rings. The van der Waals surface area contributed by atoms with E-state index in [0.717, 1.165) is 42.4 Å². The number of nitrogens with zero attached hydrogens (tertiary/aromatic N) is 2. The van der Waals surface area contributed by atoms with Crippen molar-refractivity contribution in [3.05, 3.63) is 116 Å². The smallest absolute Gasteiger partial charge is 0.0788 e. The van der Waals surface area contributed by atoms with Crippen molar-refractivity contribution >= 4 is 98.7 Å². The van der Waals surface area contributed by atoms with Crippen molar-refractivity contribution in [3.8, 4) is 11.4 Å². The molecule has 0 unspecified atom stereocenters. The van der Waals surface area contributed by atoms with Gasteiger partial charge in [0.15, 0.2) is 0 Å². The van der Waals surface area contributed by atoms with Crippen molar-refractivity contribution in [3.63, 3.8) is 0 Å². The summed E-state index contributed by atoms with van der Waals surface area (Å²) in [5, 5.41) is 6.08. The molecule has 2 nitrogen and oxygen atoms in total. The van der Waals surface area contributed by atoms with E-state index in [-0.39, 0.29) is 0 Å². The molecular weight excluding hydrogens is 619 g/mol. The maximum atomic E-state index is 6.84. The second kappa shape index (κ2) is 8.39. The lowest BCUT2D eigenvalue weighted by Crippen LogP contribution is -1.97. The molecule has 0 saturated carbocycles. The third-order valence-electron chi connectivity index (χ3n) is 6.81. The molecule has 36 heavy (non-hydrogen) atoms. The average molecular weight is 635 g/mol. The highest BCUT2D eigenvalue weighted by molar-refractivity contribution is 9.10. The molecule has 0 aliphatic heterocycles. The Morgan fingerprint density at radius 3 is 1.36 bits per heavy atom. The monoisotopic (exact) mass is 632 g/mol. The summed E-state index contributed by atoms with van der Waals surface area (Å²) < 4.78 is 6.23. The Labute approximate surface area is 233 Å². The number of benzene rings is 5. The first-order chi connectivity index (χ1) is 17.5. The van der Waals surface area contributed by atoms with E-state index in [1.54, 1.807) is 0 Å². The second-order valence-electron chi connectivity index (χ2n) is 8.74. The van der Waals surface area contributed by atoms with Crippen LogP contribution in [-0.4, -0.2) is 9.13 Å². The fraction of sp³-hybridized carbons (Fsp3) is 0. The Morgan fingerprint density at radius 1 is 0.444 bits per heavy atom. The van der Waals surface area contributed by atoms with Crippen molar-refractivity contribution < 1.29 is 0 Å². The first-order valence-corrected chi connectivity index (χ1v) is 13.7. The number of hydrogen-bond acceptors (Lipinski definition) is 0. The van der Waals surface area contributed by atoms with Crippen LogP contribution in [0.1, 0.15) is 0 Å². The van der Waals surface area contributed by atoms with Crippen LogP contribution in [-0.2, 0) is 0 Å². The SMILES string of the molecule is Clc1c(Br)cccc1-n1c2ccccc2c2cc3c4ccccc4n(-c4cccc(Br)c4Cl)c3cc21. The van der Waals surface area contributed by atoms with Crippen LogP contribution in [0.2, 0.25) is 10.0 Å². The number of fused-ring (bicyclic) bond motifs is 6. The number of aromatic nitrogens is 2. The highest BCUT2D eigenvalue weighted by atomic mass is 79.9. The quantitative estimate of drug-likeness (QED) is 0.179. The number of para-hydroxylation sites is 2. The Balaban J connectivity index is 1.71. The third-order valence-corrected chi connectivity index (χ3v) is 9.38. The minimum atomic E-state index is 0.677. The van der Waals surface area contributed by atoms with Gasteiger partial charge in [0.25, 0.3) is 0 Å². The normalized spacial score (nSPS) is 11.9. The molecule has 0 spiro atoms. The Hall–Kier alpha value is -2.76. The Bertz CT molecular complexity index is 1860. The molecule has 0 aliphatic carbocycles. The minimum absolute atomic E-state index is 0.677. The van der Waals surface area contributed by atoms with Gasteiger partial charge in [0.2, 0.25) is 0 Å². The van der Waals surface area contributed by atoms with Gasteiger partial charge in [0, 0.05) is 30.5 Å². The molecule has 2 aromatic heterocycles. The van der Waals surface area contributed by atoms with Crippen molar-refractivity contribution in [1.29, 1.82) is 0 Å². The summed E-state index contributed by atoms with van der Waals surface area (Å²) in [6.45, 7) is 0. The van der Waals surface area contributed by atoms with Gasteiger partial charge in [-0.3, -0.25) is 0 Å². The maximum absolute atomic E-state index is 6.84. The molecule has 0 aliphatic rings. The molecule has 174 valence electrons. The van der Waals surface area contributed by atoms with Crippen LogP contribution in [0.15, 0.2) is 106 Å². The first-order valence-electron chi connectivity index (χ1n) is 11.4. The van der Waals surface area contributed by atoms with E-state index in [1.807, 2.05) is 24.3 Å². The van der Waals surface area contributed by atoms with Crippen molar-refractivity contribution in [2.45, 2.75) is 0 Å². The van der Waals surface area contributed by atoms with E-state index in [4.69, 9.17) is 23.2 Å². The van der Waals surface area contributed by atoms with Crippen molar-refractivity contribution in [2.75, 3.05) is 0 Å². The summed E-state index contributed by atoms with van der Waals surface area (Å²) >= 11 is 20.9. The van der Waals surface area contributed by atoms with Gasteiger partial charge in [-0.15, -0.1) is 0 Å². The predicted octanol–water partition coefficient (Wildman–Crippen LogP) is 10.7. The topological polar surface area (TPSA) is 9.86 Å². The van der Waals surface area contributed by atoms with Crippen LogP contribution in [0, 0.1) is 0 Å². The Morgan fingerprint density at radius 2 is 0.889 bits per heavy atom. The zero-order valence-corrected chi connectivity index (χ0v) is 23.3. The molecule has 7 aromatic rings. The number of halogens is 4. The van der Waals surface area contributed by atoms with Gasteiger partial charge in [-0.25, -0.2) is 0 Å². The number of rotatable bonds is 2. The van der Waals surface area contributed by atoms with Crippen LogP contribution >= 0.6 is 55.1 Å². The lowest BCUT2D eigenvalue weighted by molar-refractivity contribution is 1.16. The summed E-state index contributed by atoms with van der Waals surface area (Å²) in [6, 6.07) is 33.6. The van der Waals surface area contributed by atoms with Gasteiger partial charge in [-0.05, 0) is 80.4 Å². The van der Waals surface area contributed by atoms with E-state index in [0.29, 0.717) is 10.0 Å². The molecule has 5 aromatic carbocycles. The summed E-state index contributed by atoms with van der Waals surface area (Å²) in [7, 11) is 0. The molecule has 2 heterocycles. The highest BCUT2D eigenvalue weighted by Gasteiger charge is 2.20. The zero-order valence-electron chi connectivity index (χ0n) is 18.6. The van der Waals surface area contributed by atoms with E-state index in [9.17, 15) is 0 Å². The fourth-order valence-electron chi connectivity index (χ4n) is 5.28. The Kier molecular flexibility index (Phi) is 5.23. The van der Waals surface area contributed by atoms with Crippen molar-refractivity contribution in [2.24, 2.45) is 0 Å². The van der Waals surface area contributed by atoms with E-state index in [2.05, 4.69) is 114 Å². The lowest BCUT2D eigenvalue weighted by Gasteiger charge is -2.13. The third kappa shape index (κ3) is 3.15. The van der Waals surface area contributed by atoms with Gasteiger partial charge in [0.1, 0.15) is 0 Å². The number of hydrogen-bond donors (Lipinski definition) is 0. The highest BCUT2D eigenvalue weighted by Crippen LogP contribution is 2.42. The van der Waals surface area contributed by atoms with Crippen molar-refractivity contribution in [1.82, 2.24) is 9.13 Å². The maximum Gasteiger partial charge on any atom is 0.0788 e. The molecule has 0 amide bonds. The summed E-state index contributed by atoms with van der Waals surface area (Å²) in [5.74, 6) is 0. The largest absolute Gasteiger partial charge is 0.308 e. The van der Waals surface area contributed by atoms with Gasteiger partial charge in [-0.2, -0.15) is 0 Å². The molecule has 0 atom stereocenters. The molecule has 0 N–H and O–H groups in total. The predicted molar refractivity (Wildman–Crippen MR) is 161 cm³/mol. The molecule has 0 saturated heterocycles. The van der Waals surface area contributed by atoms with Crippen LogP contribution in [0.3, 0.4) is 0 Å². The minimum Gasteiger partial charge on any atom is -0.308 e. The van der Waals surface area contributed by atoms with Crippen LogP contribution < -0.4 is 0 Å². The lowest BCUT2D eigenvalue weighted by atomic mass is 10.1. The average Bonchev–Trinajstić information content (AvgIpc) is 3.38. The molecular formula is C30H16Br2Cl2N2.